The standard InChI is InChI=1S/C23H29N3O3/c1-18-8-9-21(19(2)16-18)29-15-10-24-22(27)17-25-11-13-26(14-12-25)23(28)20-6-4-3-5-7-20/h3-9,16H,10-15,17H2,1-2H3,(H,24,27). The summed E-state index contributed by atoms with van der Waals surface area (Å²) in [4.78, 5) is 28.6. The molecule has 6 heteroatoms. The van der Waals surface area contributed by atoms with Gasteiger partial charge in [-0.15, -0.1) is 0 Å². The van der Waals surface area contributed by atoms with Gasteiger partial charge in [0, 0.05) is 31.7 Å². The third kappa shape index (κ3) is 6.06. The summed E-state index contributed by atoms with van der Waals surface area (Å²) in [6, 6.07) is 15.4. The van der Waals surface area contributed by atoms with Gasteiger partial charge in [0.25, 0.3) is 5.91 Å². The number of nitrogens with zero attached hydrogens (tertiary/aromatic N) is 2. The lowest BCUT2D eigenvalue weighted by molar-refractivity contribution is -0.122. The zero-order valence-corrected chi connectivity index (χ0v) is 17.2. The summed E-state index contributed by atoms with van der Waals surface area (Å²) < 4.78 is 5.74. The van der Waals surface area contributed by atoms with Crippen LogP contribution in [0.4, 0.5) is 0 Å². The molecule has 6 nitrogen and oxygen atoms in total. The van der Waals surface area contributed by atoms with Crippen LogP contribution in [0.15, 0.2) is 48.5 Å². The fourth-order valence-electron chi connectivity index (χ4n) is 3.44. The summed E-state index contributed by atoms with van der Waals surface area (Å²) in [6.07, 6.45) is 0. The first-order valence-corrected chi connectivity index (χ1v) is 10.1. The lowest BCUT2D eigenvalue weighted by Gasteiger charge is -2.34. The second-order valence-electron chi connectivity index (χ2n) is 7.40. The number of carbonyl (C=O) groups excluding carboxylic acids is 2. The maximum Gasteiger partial charge on any atom is 0.253 e. The molecule has 1 aliphatic rings. The van der Waals surface area contributed by atoms with E-state index in [4.69, 9.17) is 4.74 Å². The van der Waals surface area contributed by atoms with Crippen molar-refractivity contribution in [2.45, 2.75) is 13.8 Å². The summed E-state index contributed by atoms with van der Waals surface area (Å²) in [5.41, 5.74) is 3.01. The van der Waals surface area contributed by atoms with Crippen molar-refractivity contribution in [3.8, 4) is 5.75 Å². The molecular weight excluding hydrogens is 366 g/mol. The van der Waals surface area contributed by atoms with Crippen molar-refractivity contribution in [2.75, 3.05) is 45.9 Å². The average molecular weight is 396 g/mol. The maximum absolute atomic E-state index is 12.5. The smallest absolute Gasteiger partial charge is 0.253 e. The van der Waals surface area contributed by atoms with E-state index in [0.29, 0.717) is 51.4 Å². The molecule has 0 unspecified atom stereocenters. The highest BCUT2D eigenvalue weighted by atomic mass is 16.5. The molecule has 2 amide bonds. The van der Waals surface area contributed by atoms with Crippen LogP contribution in [0, 0.1) is 13.8 Å². The Kier molecular flexibility index (Phi) is 7.25. The molecule has 1 fully saturated rings. The predicted molar refractivity (Wildman–Crippen MR) is 113 cm³/mol. The Morgan fingerprint density at radius 2 is 1.72 bits per heavy atom. The predicted octanol–water partition coefficient (Wildman–Crippen LogP) is 2.26. The van der Waals surface area contributed by atoms with Crippen LogP contribution < -0.4 is 10.1 Å². The lowest BCUT2D eigenvalue weighted by Crippen LogP contribution is -2.51. The molecule has 1 aliphatic heterocycles. The van der Waals surface area contributed by atoms with Gasteiger partial charge >= 0.3 is 0 Å². The van der Waals surface area contributed by atoms with Crippen LogP contribution in [-0.2, 0) is 4.79 Å². The van der Waals surface area contributed by atoms with E-state index in [-0.39, 0.29) is 11.8 Å². The molecule has 29 heavy (non-hydrogen) atoms. The molecule has 1 heterocycles. The number of hydrogen-bond donors (Lipinski definition) is 1. The largest absolute Gasteiger partial charge is 0.491 e. The third-order valence-electron chi connectivity index (χ3n) is 5.06. The van der Waals surface area contributed by atoms with E-state index in [1.165, 1.54) is 5.56 Å². The molecule has 154 valence electrons. The van der Waals surface area contributed by atoms with Crippen molar-refractivity contribution in [1.29, 1.82) is 0 Å². The summed E-state index contributed by atoms with van der Waals surface area (Å²) in [5.74, 6) is 0.888. The van der Waals surface area contributed by atoms with Gasteiger partial charge in [-0.2, -0.15) is 0 Å². The maximum atomic E-state index is 12.5. The minimum Gasteiger partial charge on any atom is -0.491 e. The number of rotatable bonds is 7. The van der Waals surface area contributed by atoms with Crippen LogP contribution in [0.1, 0.15) is 21.5 Å². The molecule has 1 N–H and O–H groups in total. The van der Waals surface area contributed by atoms with Crippen LogP contribution in [0.25, 0.3) is 0 Å². The van der Waals surface area contributed by atoms with Crippen LogP contribution >= 0.6 is 0 Å². The number of piperazine rings is 1. The zero-order chi connectivity index (χ0) is 20.6. The molecule has 0 atom stereocenters. The minimum atomic E-state index is -0.0166. The molecule has 0 spiro atoms. The van der Waals surface area contributed by atoms with Crippen molar-refractivity contribution >= 4 is 11.8 Å². The number of carbonyl (C=O) groups is 2. The Morgan fingerprint density at radius 3 is 2.41 bits per heavy atom. The van der Waals surface area contributed by atoms with Crippen molar-refractivity contribution in [1.82, 2.24) is 15.1 Å². The lowest BCUT2D eigenvalue weighted by atomic mass is 10.1. The van der Waals surface area contributed by atoms with Crippen LogP contribution in [0.2, 0.25) is 0 Å². The van der Waals surface area contributed by atoms with Gasteiger partial charge in [-0.05, 0) is 37.6 Å². The van der Waals surface area contributed by atoms with E-state index in [2.05, 4.69) is 16.3 Å². The number of benzene rings is 2. The van der Waals surface area contributed by atoms with Gasteiger partial charge in [-0.1, -0.05) is 35.9 Å². The Morgan fingerprint density at radius 1 is 1.00 bits per heavy atom. The Bertz CT molecular complexity index is 831. The highest BCUT2D eigenvalue weighted by molar-refractivity contribution is 5.94. The molecule has 2 aromatic carbocycles. The molecule has 0 aromatic heterocycles. The van der Waals surface area contributed by atoms with Crippen molar-refractivity contribution in [3.05, 3.63) is 65.2 Å². The number of nitrogens with one attached hydrogen (secondary N) is 1. The zero-order valence-electron chi connectivity index (χ0n) is 17.2. The third-order valence-corrected chi connectivity index (χ3v) is 5.06. The van der Waals surface area contributed by atoms with Crippen molar-refractivity contribution < 1.29 is 14.3 Å². The first-order valence-electron chi connectivity index (χ1n) is 10.1. The average Bonchev–Trinajstić information content (AvgIpc) is 2.73. The van der Waals surface area contributed by atoms with Gasteiger partial charge in [0.2, 0.25) is 5.91 Å². The second kappa shape index (κ2) is 10.1. The molecule has 2 aromatic rings. The molecule has 0 bridgehead atoms. The summed E-state index contributed by atoms with van der Waals surface area (Å²) >= 11 is 0. The van der Waals surface area contributed by atoms with Gasteiger partial charge < -0.3 is 15.0 Å². The Hall–Kier alpha value is -2.86. The monoisotopic (exact) mass is 395 g/mol. The van der Waals surface area contributed by atoms with E-state index in [1.807, 2.05) is 61.2 Å². The van der Waals surface area contributed by atoms with E-state index in [9.17, 15) is 9.59 Å². The van der Waals surface area contributed by atoms with Crippen molar-refractivity contribution in [2.24, 2.45) is 0 Å². The first-order chi connectivity index (χ1) is 14.0. The van der Waals surface area contributed by atoms with Gasteiger partial charge in [0.1, 0.15) is 12.4 Å². The highest BCUT2D eigenvalue weighted by Gasteiger charge is 2.23. The van der Waals surface area contributed by atoms with Crippen molar-refractivity contribution in [3.63, 3.8) is 0 Å². The van der Waals surface area contributed by atoms with Crippen LogP contribution in [0.3, 0.4) is 0 Å². The molecule has 0 aliphatic carbocycles. The van der Waals surface area contributed by atoms with Gasteiger partial charge in [0.15, 0.2) is 0 Å². The molecule has 1 saturated heterocycles. The van der Waals surface area contributed by atoms with Gasteiger partial charge in [-0.25, -0.2) is 0 Å². The second-order valence-corrected chi connectivity index (χ2v) is 7.40. The number of hydrogen-bond acceptors (Lipinski definition) is 4. The van der Waals surface area contributed by atoms with E-state index >= 15 is 0 Å². The highest BCUT2D eigenvalue weighted by Crippen LogP contribution is 2.18. The number of aryl methyl sites for hydroxylation is 2. The fourth-order valence-corrected chi connectivity index (χ4v) is 3.44. The normalized spacial score (nSPS) is 14.5. The summed E-state index contributed by atoms with van der Waals surface area (Å²) in [5, 5.41) is 2.90. The molecule has 0 radical (unpaired) electrons. The quantitative estimate of drug-likeness (QED) is 0.731. The van der Waals surface area contributed by atoms with Crippen LogP contribution in [0.5, 0.6) is 5.75 Å². The van der Waals surface area contributed by atoms with Crippen LogP contribution in [-0.4, -0.2) is 67.5 Å². The SMILES string of the molecule is Cc1ccc(OCCNC(=O)CN2CCN(C(=O)c3ccccc3)CC2)c(C)c1. The van der Waals surface area contributed by atoms with E-state index < -0.39 is 0 Å². The molecular formula is C23H29N3O3. The molecule has 3 rings (SSSR count). The van der Waals surface area contributed by atoms with E-state index in [1.54, 1.807) is 0 Å². The summed E-state index contributed by atoms with van der Waals surface area (Å²) in [6.45, 7) is 7.99. The number of ether oxygens (including phenoxy) is 1. The Labute approximate surface area is 172 Å². The fraction of sp³-hybridized carbons (Fsp3) is 0.391. The van der Waals surface area contributed by atoms with Gasteiger partial charge in [0.05, 0.1) is 13.1 Å². The van der Waals surface area contributed by atoms with Gasteiger partial charge in [-0.3, -0.25) is 14.5 Å². The molecule has 0 saturated carbocycles. The first kappa shape index (κ1) is 20.9. The number of amides is 2. The minimum absolute atomic E-state index is 0.0166. The Balaban J connectivity index is 1.34. The topological polar surface area (TPSA) is 61.9 Å². The summed E-state index contributed by atoms with van der Waals surface area (Å²) in [7, 11) is 0. The van der Waals surface area contributed by atoms with E-state index in [0.717, 1.165) is 11.3 Å².